The van der Waals surface area contributed by atoms with Crippen molar-refractivity contribution in [3.05, 3.63) is 58.9 Å². The first-order valence-corrected chi connectivity index (χ1v) is 7.43. The number of carbonyl (C=O) groups is 1. The maximum Gasteiger partial charge on any atom is 0.254 e. The van der Waals surface area contributed by atoms with Crippen molar-refractivity contribution in [2.45, 2.75) is 26.5 Å². The van der Waals surface area contributed by atoms with Crippen molar-refractivity contribution in [1.82, 2.24) is 10.3 Å². The van der Waals surface area contributed by atoms with Crippen LogP contribution < -0.4 is 10.1 Å². The van der Waals surface area contributed by atoms with Gasteiger partial charge in [0.2, 0.25) is 0 Å². The van der Waals surface area contributed by atoms with E-state index >= 15 is 0 Å². The van der Waals surface area contributed by atoms with Gasteiger partial charge in [0.1, 0.15) is 5.75 Å². The number of nitrogens with zero attached hydrogens (tertiary/aromatic N) is 1. The lowest BCUT2D eigenvalue weighted by molar-refractivity contribution is -0.131. The Labute approximate surface area is 136 Å². The number of pyridine rings is 1. The molecule has 1 amide bonds. The minimum absolute atomic E-state index is 0.195. The van der Waals surface area contributed by atoms with E-state index in [9.17, 15) is 4.79 Å². The number of carbonyl (C=O) groups excluding carboxylic acids is 1. The first-order valence-electron chi connectivity index (χ1n) is 7.43. The van der Waals surface area contributed by atoms with Crippen LogP contribution in [0.15, 0.2) is 36.5 Å². The molecule has 2 rings (SSSR count). The molecule has 1 aromatic carbocycles. The molecule has 0 aliphatic heterocycles. The molecule has 1 atom stereocenters. The predicted octanol–water partition coefficient (Wildman–Crippen LogP) is 2.71. The zero-order valence-electron chi connectivity index (χ0n) is 13.9. The predicted molar refractivity (Wildman–Crippen MR) is 88.3 cm³/mol. The Morgan fingerprint density at radius 2 is 1.91 bits per heavy atom. The number of benzene rings is 1. The second-order valence-corrected chi connectivity index (χ2v) is 5.29. The van der Waals surface area contributed by atoms with Crippen LogP contribution in [0.25, 0.3) is 0 Å². The Bertz CT molecular complexity index is 671. The Kier molecular flexibility index (Phi) is 5.71. The molecule has 0 radical (unpaired) electrons. The van der Waals surface area contributed by atoms with Gasteiger partial charge in [-0.1, -0.05) is 30.3 Å². The summed E-state index contributed by atoms with van der Waals surface area (Å²) < 4.78 is 10.7. The standard InChI is InChI=1S/C18H22N2O3/c1-12-10-19-15(13(2)16(12)22-3)11-20-18(21)17(23-4)14-8-6-5-7-9-14/h5-10,17H,11H2,1-4H3,(H,20,21)/t17-/m1/s1. The van der Waals surface area contributed by atoms with Crippen LogP contribution in [0.2, 0.25) is 0 Å². The van der Waals surface area contributed by atoms with Gasteiger partial charge >= 0.3 is 0 Å². The van der Waals surface area contributed by atoms with Crippen molar-refractivity contribution in [3.63, 3.8) is 0 Å². The van der Waals surface area contributed by atoms with Gasteiger partial charge in [-0.3, -0.25) is 9.78 Å². The zero-order chi connectivity index (χ0) is 16.8. The van der Waals surface area contributed by atoms with Crippen LogP contribution in [0.4, 0.5) is 0 Å². The van der Waals surface area contributed by atoms with Crippen molar-refractivity contribution >= 4 is 5.91 Å². The minimum atomic E-state index is -0.635. The van der Waals surface area contributed by atoms with Crippen molar-refractivity contribution in [2.75, 3.05) is 14.2 Å². The molecule has 23 heavy (non-hydrogen) atoms. The number of amides is 1. The first kappa shape index (κ1) is 17.0. The smallest absolute Gasteiger partial charge is 0.254 e. The van der Waals surface area contributed by atoms with E-state index in [1.807, 2.05) is 44.2 Å². The summed E-state index contributed by atoms with van der Waals surface area (Å²) in [5.41, 5.74) is 3.50. The number of ether oxygens (including phenoxy) is 2. The summed E-state index contributed by atoms with van der Waals surface area (Å²) >= 11 is 0. The quantitative estimate of drug-likeness (QED) is 0.890. The summed E-state index contributed by atoms with van der Waals surface area (Å²) in [7, 11) is 3.16. The lowest BCUT2D eigenvalue weighted by Gasteiger charge is -2.17. The number of aromatic nitrogens is 1. The number of hydrogen-bond acceptors (Lipinski definition) is 4. The fourth-order valence-corrected chi connectivity index (χ4v) is 2.54. The van der Waals surface area contributed by atoms with Crippen LogP contribution in [0, 0.1) is 13.8 Å². The monoisotopic (exact) mass is 314 g/mol. The third-order valence-corrected chi connectivity index (χ3v) is 3.76. The van der Waals surface area contributed by atoms with E-state index in [1.165, 1.54) is 7.11 Å². The SMILES string of the molecule is COc1c(C)cnc(CNC(=O)[C@H](OC)c2ccccc2)c1C. The summed E-state index contributed by atoms with van der Waals surface area (Å²) in [4.78, 5) is 16.8. The number of methoxy groups -OCH3 is 2. The van der Waals surface area contributed by atoms with Gasteiger partial charge in [-0.05, 0) is 19.4 Å². The summed E-state index contributed by atoms with van der Waals surface area (Å²) in [6, 6.07) is 9.40. The molecule has 0 aliphatic rings. The highest BCUT2D eigenvalue weighted by Crippen LogP contribution is 2.24. The molecule has 0 saturated heterocycles. The molecule has 1 N–H and O–H groups in total. The fourth-order valence-electron chi connectivity index (χ4n) is 2.54. The highest BCUT2D eigenvalue weighted by molar-refractivity contribution is 5.82. The molecule has 122 valence electrons. The molecular formula is C18H22N2O3. The molecule has 1 heterocycles. The summed E-state index contributed by atoms with van der Waals surface area (Å²) in [5.74, 6) is 0.607. The van der Waals surface area contributed by atoms with Gasteiger partial charge in [-0.25, -0.2) is 0 Å². The van der Waals surface area contributed by atoms with Crippen LogP contribution in [0.5, 0.6) is 5.75 Å². The number of nitrogens with one attached hydrogen (secondary N) is 1. The average molecular weight is 314 g/mol. The van der Waals surface area contributed by atoms with Crippen LogP contribution in [0.1, 0.15) is 28.5 Å². The van der Waals surface area contributed by atoms with Crippen molar-refractivity contribution in [1.29, 1.82) is 0 Å². The Morgan fingerprint density at radius 1 is 1.22 bits per heavy atom. The fraction of sp³-hybridized carbons (Fsp3) is 0.333. The van der Waals surface area contributed by atoms with E-state index in [0.29, 0.717) is 6.54 Å². The van der Waals surface area contributed by atoms with Gasteiger partial charge in [0, 0.05) is 24.4 Å². The maximum atomic E-state index is 12.4. The molecule has 0 fully saturated rings. The zero-order valence-corrected chi connectivity index (χ0v) is 13.9. The molecule has 0 spiro atoms. The molecule has 1 aromatic heterocycles. The van der Waals surface area contributed by atoms with Gasteiger partial charge in [0.25, 0.3) is 5.91 Å². The van der Waals surface area contributed by atoms with E-state index in [4.69, 9.17) is 9.47 Å². The van der Waals surface area contributed by atoms with Crippen LogP contribution in [-0.2, 0) is 16.1 Å². The Hall–Kier alpha value is -2.40. The maximum absolute atomic E-state index is 12.4. The van der Waals surface area contributed by atoms with Gasteiger partial charge in [0.15, 0.2) is 6.10 Å². The van der Waals surface area contributed by atoms with Crippen LogP contribution >= 0.6 is 0 Å². The van der Waals surface area contributed by atoms with E-state index in [0.717, 1.165) is 28.1 Å². The molecular weight excluding hydrogens is 292 g/mol. The van der Waals surface area contributed by atoms with E-state index in [1.54, 1.807) is 13.3 Å². The third-order valence-electron chi connectivity index (χ3n) is 3.76. The average Bonchev–Trinajstić information content (AvgIpc) is 2.56. The highest BCUT2D eigenvalue weighted by Gasteiger charge is 2.20. The number of rotatable bonds is 6. The molecule has 0 bridgehead atoms. The summed E-state index contributed by atoms with van der Waals surface area (Å²) in [5, 5.41) is 2.88. The second-order valence-electron chi connectivity index (χ2n) is 5.29. The molecule has 5 heteroatoms. The van der Waals surface area contributed by atoms with Gasteiger partial charge < -0.3 is 14.8 Å². The highest BCUT2D eigenvalue weighted by atomic mass is 16.5. The molecule has 0 aliphatic carbocycles. The topological polar surface area (TPSA) is 60.5 Å². The van der Waals surface area contributed by atoms with E-state index in [2.05, 4.69) is 10.3 Å². The van der Waals surface area contributed by atoms with Gasteiger partial charge in [-0.2, -0.15) is 0 Å². The van der Waals surface area contributed by atoms with Crippen molar-refractivity contribution in [3.8, 4) is 5.75 Å². The minimum Gasteiger partial charge on any atom is -0.496 e. The normalized spacial score (nSPS) is 11.8. The lowest BCUT2D eigenvalue weighted by Crippen LogP contribution is -2.30. The summed E-state index contributed by atoms with van der Waals surface area (Å²) in [6.45, 7) is 4.21. The van der Waals surface area contributed by atoms with Gasteiger partial charge in [-0.15, -0.1) is 0 Å². The van der Waals surface area contributed by atoms with Crippen molar-refractivity contribution in [2.24, 2.45) is 0 Å². The van der Waals surface area contributed by atoms with E-state index in [-0.39, 0.29) is 5.91 Å². The Morgan fingerprint density at radius 3 is 2.52 bits per heavy atom. The molecule has 5 nitrogen and oxygen atoms in total. The third kappa shape index (κ3) is 3.87. The first-order chi connectivity index (χ1) is 11.1. The number of hydrogen-bond donors (Lipinski definition) is 1. The lowest BCUT2D eigenvalue weighted by atomic mass is 10.1. The Balaban J connectivity index is 2.10. The van der Waals surface area contributed by atoms with Crippen LogP contribution in [-0.4, -0.2) is 25.1 Å². The second kappa shape index (κ2) is 7.74. The van der Waals surface area contributed by atoms with Crippen molar-refractivity contribution < 1.29 is 14.3 Å². The van der Waals surface area contributed by atoms with Gasteiger partial charge in [0.05, 0.1) is 19.3 Å². The van der Waals surface area contributed by atoms with E-state index < -0.39 is 6.10 Å². The van der Waals surface area contributed by atoms with Crippen LogP contribution in [0.3, 0.4) is 0 Å². The molecule has 2 aromatic rings. The number of aryl methyl sites for hydroxylation is 1. The largest absolute Gasteiger partial charge is 0.496 e. The molecule has 0 unspecified atom stereocenters. The molecule has 0 saturated carbocycles. The summed E-state index contributed by atoms with van der Waals surface area (Å²) in [6.07, 6.45) is 1.11.